The Morgan fingerprint density at radius 1 is 0.522 bits per heavy atom. The van der Waals surface area contributed by atoms with E-state index in [1.165, 1.54) is 22.5 Å². The normalized spacial score (nSPS) is 19.8. The van der Waals surface area contributed by atoms with Gasteiger partial charge in [0.2, 0.25) is 0 Å². The van der Waals surface area contributed by atoms with Gasteiger partial charge in [0.05, 0.1) is 23.5 Å². The van der Waals surface area contributed by atoms with E-state index in [4.69, 9.17) is 0 Å². The lowest BCUT2D eigenvalue weighted by Gasteiger charge is -2.22. The van der Waals surface area contributed by atoms with Crippen LogP contribution in [0.1, 0.15) is 29.6 Å². The third kappa shape index (κ3) is 2.93. The summed E-state index contributed by atoms with van der Waals surface area (Å²) in [6, 6.07) is 30.4. The summed E-state index contributed by atoms with van der Waals surface area (Å²) in [7, 11) is 0. The maximum Gasteiger partial charge on any atom is 0.0580 e. The lowest BCUT2D eigenvalue weighted by atomic mass is 9.95. The fourth-order valence-electron chi connectivity index (χ4n) is 3.27. The molecule has 114 valence electrons. The van der Waals surface area contributed by atoms with Crippen molar-refractivity contribution in [1.29, 1.82) is 0 Å². The van der Waals surface area contributed by atoms with Gasteiger partial charge in [-0.25, -0.2) is 0 Å². The number of fused-ring (bicyclic) bond motifs is 1. The van der Waals surface area contributed by atoms with Gasteiger partial charge in [0.15, 0.2) is 0 Å². The van der Waals surface area contributed by atoms with Gasteiger partial charge >= 0.3 is 0 Å². The van der Waals surface area contributed by atoms with Gasteiger partial charge in [0.1, 0.15) is 0 Å². The van der Waals surface area contributed by atoms with Crippen LogP contribution in [-0.2, 0) is 0 Å². The lowest BCUT2D eigenvalue weighted by Crippen LogP contribution is -2.15. The molecule has 0 saturated heterocycles. The SMILES string of the molecule is c1ccc(C2CC(c3ccccc3)Nc3ccccc3N2)cc1. The van der Waals surface area contributed by atoms with Crippen LogP contribution in [0.25, 0.3) is 0 Å². The Balaban J connectivity index is 1.74. The minimum atomic E-state index is 0.289. The fraction of sp³-hybridized carbons (Fsp3) is 0.143. The molecule has 23 heavy (non-hydrogen) atoms. The second kappa shape index (κ2) is 6.17. The third-order valence-corrected chi connectivity index (χ3v) is 4.46. The van der Waals surface area contributed by atoms with Crippen molar-refractivity contribution >= 4 is 11.4 Å². The van der Waals surface area contributed by atoms with Crippen molar-refractivity contribution in [3.05, 3.63) is 96.1 Å². The molecule has 1 heterocycles. The number of nitrogens with one attached hydrogen (secondary N) is 2. The molecule has 0 spiro atoms. The summed E-state index contributed by atoms with van der Waals surface area (Å²) < 4.78 is 0. The first kappa shape index (κ1) is 13.9. The van der Waals surface area contributed by atoms with Crippen LogP contribution in [0.3, 0.4) is 0 Å². The summed E-state index contributed by atoms with van der Waals surface area (Å²) in [6.45, 7) is 0. The number of hydrogen-bond donors (Lipinski definition) is 2. The first-order valence-corrected chi connectivity index (χ1v) is 8.12. The van der Waals surface area contributed by atoms with E-state index in [-0.39, 0.29) is 12.1 Å². The highest BCUT2D eigenvalue weighted by atomic mass is 15.0. The zero-order chi connectivity index (χ0) is 15.5. The summed E-state index contributed by atoms with van der Waals surface area (Å²) in [5, 5.41) is 7.43. The van der Waals surface area contributed by atoms with E-state index in [2.05, 4.69) is 95.6 Å². The van der Waals surface area contributed by atoms with E-state index >= 15 is 0 Å². The summed E-state index contributed by atoms with van der Waals surface area (Å²) >= 11 is 0. The second-order valence-corrected chi connectivity index (χ2v) is 6.00. The monoisotopic (exact) mass is 300 g/mol. The molecule has 2 N–H and O–H groups in total. The second-order valence-electron chi connectivity index (χ2n) is 6.00. The first-order valence-electron chi connectivity index (χ1n) is 8.12. The van der Waals surface area contributed by atoms with Gasteiger partial charge in [0, 0.05) is 0 Å². The van der Waals surface area contributed by atoms with Gasteiger partial charge in [-0.2, -0.15) is 0 Å². The topological polar surface area (TPSA) is 24.1 Å². The average Bonchev–Trinajstić information content (AvgIpc) is 2.83. The molecule has 0 saturated carbocycles. The molecule has 3 aromatic carbocycles. The van der Waals surface area contributed by atoms with Crippen molar-refractivity contribution in [2.45, 2.75) is 18.5 Å². The largest absolute Gasteiger partial charge is 0.376 e. The van der Waals surface area contributed by atoms with Crippen LogP contribution in [0.4, 0.5) is 11.4 Å². The van der Waals surface area contributed by atoms with E-state index in [0.29, 0.717) is 0 Å². The number of benzene rings is 3. The van der Waals surface area contributed by atoms with Crippen LogP contribution in [-0.4, -0.2) is 0 Å². The molecule has 4 rings (SSSR count). The van der Waals surface area contributed by atoms with Gasteiger partial charge in [0.25, 0.3) is 0 Å². The molecule has 3 aromatic rings. The van der Waals surface area contributed by atoms with E-state index in [0.717, 1.165) is 6.42 Å². The van der Waals surface area contributed by atoms with Crippen molar-refractivity contribution in [3.8, 4) is 0 Å². The molecule has 0 amide bonds. The zero-order valence-corrected chi connectivity index (χ0v) is 12.9. The summed E-state index contributed by atoms with van der Waals surface area (Å²) in [6.07, 6.45) is 1.00. The Labute approximate surface area is 137 Å². The highest BCUT2D eigenvalue weighted by Crippen LogP contribution is 2.38. The molecule has 1 aliphatic rings. The Kier molecular flexibility index (Phi) is 3.73. The number of para-hydroxylation sites is 2. The van der Waals surface area contributed by atoms with E-state index in [1.807, 2.05) is 0 Å². The highest BCUT2D eigenvalue weighted by molar-refractivity contribution is 5.70. The maximum atomic E-state index is 3.71. The Morgan fingerprint density at radius 3 is 1.35 bits per heavy atom. The minimum absolute atomic E-state index is 0.289. The summed E-state index contributed by atoms with van der Waals surface area (Å²) in [5.74, 6) is 0. The molecule has 0 bridgehead atoms. The third-order valence-electron chi connectivity index (χ3n) is 4.46. The smallest absolute Gasteiger partial charge is 0.0580 e. The molecule has 2 nitrogen and oxygen atoms in total. The Hall–Kier alpha value is -2.74. The number of rotatable bonds is 2. The van der Waals surface area contributed by atoms with Crippen LogP contribution in [0.5, 0.6) is 0 Å². The van der Waals surface area contributed by atoms with Gasteiger partial charge < -0.3 is 10.6 Å². The first-order chi connectivity index (χ1) is 11.4. The quantitative estimate of drug-likeness (QED) is 0.662. The Morgan fingerprint density at radius 2 is 0.913 bits per heavy atom. The van der Waals surface area contributed by atoms with Gasteiger partial charge in [-0.1, -0.05) is 72.8 Å². The van der Waals surface area contributed by atoms with E-state index < -0.39 is 0 Å². The van der Waals surface area contributed by atoms with Crippen LogP contribution in [0.2, 0.25) is 0 Å². The number of hydrogen-bond acceptors (Lipinski definition) is 2. The van der Waals surface area contributed by atoms with Gasteiger partial charge in [-0.15, -0.1) is 0 Å². The predicted octanol–water partition coefficient (Wildman–Crippen LogP) is 5.40. The van der Waals surface area contributed by atoms with Crippen molar-refractivity contribution in [2.24, 2.45) is 0 Å². The van der Waals surface area contributed by atoms with Crippen LogP contribution in [0, 0.1) is 0 Å². The zero-order valence-electron chi connectivity index (χ0n) is 12.9. The molecule has 2 unspecified atom stereocenters. The van der Waals surface area contributed by atoms with Crippen molar-refractivity contribution in [3.63, 3.8) is 0 Å². The van der Waals surface area contributed by atoms with Crippen molar-refractivity contribution in [1.82, 2.24) is 0 Å². The summed E-state index contributed by atoms with van der Waals surface area (Å²) in [5.41, 5.74) is 4.98. The van der Waals surface area contributed by atoms with E-state index in [9.17, 15) is 0 Å². The molecule has 1 aliphatic heterocycles. The van der Waals surface area contributed by atoms with Crippen molar-refractivity contribution < 1.29 is 0 Å². The molecule has 0 aromatic heterocycles. The average molecular weight is 300 g/mol. The summed E-state index contributed by atoms with van der Waals surface area (Å²) in [4.78, 5) is 0. The molecule has 0 radical (unpaired) electrons. The maximum absolute atomic E-state index is 3.71. The molecule has 2 heteroatoms. The Bertz CT molecular complexity index is 702. The van der Waals surface area contributed by atoms with Gasteiger partial charge in [-0.05, 0) is 29.7 Å². The van der Waals surface area contributed by atoms with E-state index in [1.54, 1.807) is 0 Å². The molecular formula is C21H20N2. The highest BCUT2D eigenvalue weighted by Gasteiger charge is 2.24. The van der Waals surface area contributed by atoms with Crippen LogP contribution >= 0.6 is 0 Å². The number of anilines is 2. The standard InChI is InChI=1S/C21H20N2/c1-3-9-16(10-4-1)20-15-21(17-11-5-2-6-12-17)23-19-14-8-7-13-18(19)22-20/h1-14,20-23H,15H2. The minimum Gasteiger partial charge on any atom is -0.376 e. The fourth-order valence-corrected chi connectivity index (χ4v) is 3.27. The molecule has 0 aliphatic carbocycles. The van der Waals surface area contributed by atoms with Gasteiger partial charge in [-0.3, -0.25) is 0 Å². The van der Waals surface area contributed by atoms with Crippen LogP contribution < -0.4 is 10.6 Å². The lowest BCUT2D eigenvalue weighted by molar-refractivity contribution is 0.623. The van der Waals surface area contributed by atoms with Crippen LogP contribution in [0.15, 0.2) is 84.9 Å². The predicted molar refractivity (Wildman–Crippen MR) is 96.7 cm³/mol. The molecule has 2 atom stereocenters. The van der Waals surface area contributed by atoms with Crippen molar-refractivity contribution in [2.75, 3.05) is 10.6 Å². The molecular weight excluding hydrogens is 280 g/mol. The molecule has 0 fully saturated rings.